The monoisotopic (exact) mass is 528 g/mol. The lowest BCUT2D eigenvalue weighted by Crippen LogP contribution is -2.45. The molecule has 0 bridgehead atoms. The Morgan fingerprint density at radius 3 is 2.63 bits per heavy atom. The summed E-state index contributed by atoms with van der Waals surface area (Å²) in [5.41, 5.74) is 1.39. The van der Waals surface area contributed by atoms with Gasteiger partial charge in [0.2, 0.25) is 11.8 Å². The van der Waals surface area contributed by atoms with Crippen LogP contribution in [0, 0.1) is 12.8 Å². The van der Waals surface area contributed by atoms with E-state index in [2.05, 4.69) is 5.32 Å². The number of likely N-dealkylation sites (tertiary alicyclic amines) is 2. The van der Waals surface area contributed by atoms with Gasteiger partial charge in [-0.1, -0.05) is 0 Å². The molecule has 0 spiro atoms. The molecular formula is C27H36N4O7. The molecule has 0 saturated carbocycles. The molecule has 0 aliphatic carbocycles. The van der Waals surface area contributed by atoms with E-state index in [1.54, 1.807) is 4.90 Å². The number of amidine groups is 1. The summed E-state index contributed by atoms with van der Waals surface area (Å²) in [7, 11) is 2.63. The molecule has 1 N–H and O–H groups in total. The Morgan fingerprint density at radius 1 is 1.13 bits per heavy atom. The molecule has 38 heavy (non-hydrogen) atoms. The number of amides is 2. The molecule has 2 unspecified atom stereocenters. The first-order chi connectivity index (χ1) is 18.4. The van der Waals surface area contributed by atoms with Gasteiger partial charge in [0.15, 0.2) is 0 Å². The summed E-state index contributed by atoms with van der Waals surface area (Å²) in [6, 6.07) is 6.66. The molecule has 3 heterocycles. The first-order valence-electron chi connectivity index (χ1n) is 13.0. The van der Waals surface area contributed by atoms with Gasteiger partial charge in [0.05, 0.1) is 20.8 Å². The van der Waals surface area contributed by atoms with Crippen molar-refractivity contribution in [3.63, 3.8) is 0 Å². The average Bonchev–Trinajstić information content (AvgIpc) is 3.54. The number of carbonyl (C=O) groups is 3. The van der Waals surface area contributed by atoms with E-state index in [1.807, 2.05) is 36.1 Å². The summed E-state index contributed by atoms with van der Waals surface area (Å²) in [4.78, 5) is 57.2. The molecule has 4 rings (SSSR count). The standard InChI is InChI=1S/C27H36N4O7/c1-18-14-19-15-20(9-10-23(19)38-18)28-25(21(17-37-36-3)27(34)35-2)29-22-8-4-5-13-31(26(22)33)16-24(32)30-11-6-7-12-30/h9-10,14-15,21-22H,4-8,11-13,16-17H2,1-3H3,(H,28,29). The summed E-state index contributed by atoms with van der Waals surface area (Å²) in [6.45, 7) is 3.70. The summed E-state index contributed by atoms with van der Waals surface area (Å²) in [5.74, 6) is -0.831. The molecule has 0 radical (unpaired) electrons. The highest BCUT2D eigenvalue weighted by Crippen LogP contribution is 2.24. The Bertz CT molecular complexity index is 1170. The fourth-order valence-electron chi connectivity index (χ4n) is 4.91. The van der Waals surface area contributed by atoms with Gasteiger partial charge in [0.25, 0.3) is 0 Å². The third-order valence-corrected chi connectivity index (χ3v) is 6.91. The number of benzene rings is 1. The second-order valence-electron chi connectivity index (χ2n) is 9.64. The molecule has 1 aromatic carbocycles. The van der Waals surface area contributed by atoms with Gasteiger partial charge in [-0.15, -0.1) is 0 Å². The molecule has 1 aromatic heterocycles. The number of ether oxygens (including phenoxy) is 1. The second-order valence-corrected chi connectivity index (χ2v) is 9.64. The van der Waals surface area contributed by atoms with Gasteiger partial charge in [-0.3, -0.25) is 19.4 Å². The van der Waals surface area contributed by atoms with E-state index < -0.39 is 17.9 Å². The molecule has 2 aliphatic heterocycles. The third-order valence-electron chi connectivity index (χ3n) is 6.91. The van der Waals surface area contributed by atoms with E-state index in [9.17, 15) is 14.4 Å². The van der Waals surface area contributed by atoms with Gasteiger partial charge in [0.1, 0.15) is 35.7 Å². The van der Waals surface area contributed by atoms with Gasteiger partial charge in [-0.2, -0.15) is 0 Å². The van der Waals surface area contributed by atoms with Gasteiger partial charge in [-0.25, -0.2) is 9.78 Å². The van der Waals surface area contributed by atoms with Crippen LogP contribution in [0.5, 0.6) is 0 Å². The zero-order valence-electron chi connectivity index (χ0n) is 22.2. The SMILES string of the molecule is COOCC(C(=O)OC)C(=NC1CCCCN(CC(=O)N2CCCC2)C1=O)Nc1ccc2oc(C)cc2c1. The minimum absolute atomic E-state index is 0.0385. The van der Waals surface area contributed by atoms with E-state index in [4.69, 9.17) is 23.9 Å². The van der Waals surface area contributed by atoms with Crippen LogP contribution >= 0.6 is 0 Å². The van der Waals surface area contributed by atoms with Crippen LogP contribution in [0.15, 0.2) is 33.7 Å². The highest BCUT2D eigenvalue weighted by atomic mass is 17.2. The minimum atomic E-state index is -0.975. The number of carbonyl (C=O) groups excluding carboxylic acids is 3. The zero-order chi connectivity index (χ0) is 27.1. The van der Waals surface area contributed by atoms with Crippen molar-refractivity contribution in [2.24, 2.45) is 10.9 Å². The highest BCUT2D eigenvalue weighted by Gasteiger charge is 2.33. The number of nitrogens with one attached hydrogen (secondary N) is 1. The third kappa shape index (κ3) is 6.70. The van der Waals surface area contributed by atoms with E-state index in [-0.39, 0.29) is 30.8 Å². The molecule has 2 aromatic rings. The summed E-state index contributed by atoms with van der Waals surface area (Å²) in [6.07, 6.45) is 4.02. The quantitative estimate of drug-likeness (QED) is 0.173. The number of methoxy groups -OCH3 is 1. The molecule has 11 nitrogen and oxygen atoms in total. The smallest absolute Gasteiger partial charge is 0.318 e. The normalized spacial score (nSPS) is 19.5. The van der Waals surface area contributed by atoms with Crippen LogP contribution in [0.2, 0.25) is 0 Å². The average molecular weight is 529 g/mol. The first kappa shape index (κ1) is 27.6. The number of hydrogen-bond acceptors (Lipinski definition) is 8. The predicted molar refractivity (Wildman–Crippen MR) is 141 cm³/mol. The number of furan rings is 1. The lowest BCUT2D eigenvalue weighted by atomic mass is 10.1. The Labute approximate surface area is 222 Å². The second kappa shape index (κ2) is 12.9. The van der Waals surface area contributed by atoms with E-state index in [1.165, 1.54) is 14.2 Å². The number of rotatable bonds is 9. The minimum Gasteiger partial charge on any atom is -0.468 e. The highest BCUT2D eigenvalue weighted by molar-refractivity contribution is 6.09. The number of anilines is 1. The lowest BCUT2D eigenvalue weighted by molar-refractivity contribution is -0.276. The van der Waals surface area contributed by atoms with Crippen LogP contribution in [-0.4, -0.2) is 86.5 Å². The maximum Gasteiger partial charge on any atom is 0.318 e. The predicted octanol–water partition coefficient (Wildman–Crippen LogP) is 2.92. The fourth-order valence-corrected chi connectivity index (χ4v) is 4.91. The van der Waals surface area contributed by atoms with Gasteiger partial charge in [-0.05, 0) is 63.3 Å². The molecular weight excluding hydrogens is 492 g/mol. The summed E-state index contributed by atoms with van der Waals surface area (Å²) in [5, 5.41) is 4.10. The van der Waals surface area contributed by atoms with Crippen molar-refractivity contribution in [1.82, 2.24) is 9.80 Å². The molecule has 2 atom stereocenters. The van der Waals surface area contributed by atoms with Crippen LogP contribution < -0.4 is 5.32 Å². The largest absolute Gasteiger partial charge is 0.468 e. The van der Waals surface area contributed by atoms with Crippen molar-refractivity contribution in [3.8, 4) is 0 Å². The maximum absolute atomic E-state index is 13.6. The van der Waals surface area contributed by atoms with Crippen molar-refractivity contribution in [2.45, 2.75) is 45.1 Å². The number of esters is 1. The molecule has 2 aliphatic rings. The number of aryl methyl sites for hydroxylation is 1. The summed E-state index contributed by atoms with van der Waals surface area (Å²) >= 11 is 0. The maximum atomic E-state index is 13.6. The number of nitrogens with zero attached hydrogens (tertiary/aromatic N) is 3. The molecule has 2 amide bonds. The van der Waals surface area contributed by atoms with Crippen molar-refractivity contribution >= 4 is 40.3 Å². The van der Waals surface area contributed by atoms with Gasteiger partial charge < -0.3 is 24.3 Å². The van der Waals surface area contributed by atoms with Crippen molar-refractivity contribution in [1.29, 1.82) is 0 Å². The Morgan fingerprint density at radius 2 is 1.89 bits per heavy atom. The van der Waals surface area contributed by atoms with Crippen molar-refractivity contribution in [3.05, 3.63) is 30.0 Å². The topological polar surface area (TPSA) is 123 Å². The Hall–Kier alpha value is -3.44. The number of fused-ring (bicyclic) bond motifs is 1. The molecule has 206 valence electrons. The van der Waals surface area contributed by atoms with Crippen molar-refractivity contribution < 1.29 is 33.3 Å². The fraction of sp³-hybridized carbons (Fsp3) is 0.556. The van der Waals surface area contributed by atoms with E-state index >= 15 is 0 Å². The van der Waals surface area contributed by atoms with Crippen LogP contribution in [-0.2, 0) is 28.9 Å². The zero-order valence-corrected chi connectivity index (χ0v) is 22.2. The van der Waals surface area contributed by atoms with E-state index in [0.717, 1.165) is 55.5 Å². The van der Waals surface area contributed by atoms with Crippen molar-refractivity contribution in [2.75, 3.05) is 52.3 Å². The number of hydrogen-bond donors (Lipinski definition) is 1. The van der Waals surface area contributed by atoms with Crippen LogP contribution in [0.4, 0.5) is 5.69 Å². The van der Waals surface area contributed by atoms with Gasteiger partial charge >= 0.3 is 5.97 Å². The lowest BCUT2D eigenvalue weighted by Gasteiger charge is -2.26. The molecule has 2 saturated heterocycles. The molecule has 11 heteroatoms. The first-order valence-corrected chi connectivity index (χ1v) is 13.0. The van der Waals surface area contributed by atoms with Crippen LogP contribution in [0.1, 0.15) is 37.9 Å². The van der Waals surface area contributed by atoms with E-state index in [0.29, 0.717) is 18.7 Å². The summed E-state index contributed by atoms with van der Waals surface area (Å²) < 4.78 is 10.7. The van der Waals surface area contributed by atoms with Crippen LogP contribution in [0.25, 0.3) is 11.0 Å². The Balaban J connectivity index is 1.63. The number of aliphatic imine (C=N–C) groups is 1. The molecule has 2 fully saturated rings. The Kier molecular flexibility index (Phi) is 9.35. The van der Waals surface area contributed by atoms with Gasteiger partial charge in [0, 0.05) is 30.7 Å². The van der Waals surface area contributed by atoms with Crippen LogP contribution in [0.3, 0.4) is 0 Å².